The van der Waals surface area contributed by atoms with Crippen molar-refractivity contribution < 1.29 is 14.0 Å². The van der Waals surface area contributed by atoms with E-state index in [0.717, 1.165) is 68.2 Å². The first-order valence-corrected chi connectivity index (χ1v) is 18.4. The summed E-state index contributed by atoms with van der Waals surface area (Å²) in [4.78, 5) is 33.9. The summed E-state index contributed by atoms with van der Waals surface area (Å²) < 4.78 is 11.4. The summed E-state index contributed by atoms with van der Waals surface area (Å²) in [5.74, 6) is 6.20. The van der Waals surface area contributed by atoms with Gasteiger partial charge in [0.25, 0.3) is 11.8 Å². The molecule has 8 heterocycles. The molecule has 13 nitrogen and oxygen atoms in total. The van der Waals surface area contributed by atoms with Crippen LogP contribution in [0.4, 0.5) is 22.7 Å². The van der Waals surface area contributed by atoms with Crippen molar-refractivity contribution in [1.29, 1.82) is 0 Å². The summed E-state index contributed by atoms with van der Waals surface area (Å²) in [5.41, 5.74) is 11.4. The molecular weight excluding hydrogens is 717 g/mol. The molecule has 0 aliphatic carbocycles. The first kappa shape index (κ1) is 34.9. The van der Waals surface area contributed by atoms with Gasteiger partial charge in [-0.25, -0.2) is 0 Å². The number of aryl methyl sites for hydroxylation is 1. The van der Waals surface area contributed by atoms with Crippen LogP contribution in [0.15, 0.2) is 133 Å². The molecule has 2 aromatic carbocycles. The van der Waals surface area contributed by atoms with Crippen molar-refractivity contribution in [3.63, 3.8) is 0 Å². The third kappa shape index (κ3) is 6.99. The maximum absolute atomic E-state index is 12.7. The summed E-state index contributed by atoms with van der Waals surface area (Å²) in [6.45, 7) is 2.68. The number of para-hydroxylation sites is 2. The van der Waals surface area contributed by atoms with Crippen molar-refractivity contribution in [1.82, 2.24) is 39.5 Å². The number of pyridine rings is 2. The molecule has 57 heavy (non-hydrogen) atoms. The van der Waals surface area contributed by atoms with Crippen LogP contribution in [-0.2, 0) is 20.1 Å². The standard InChI is InChI=1S/C24H20N6O.C20H16N4O2/c1-29-15-17(13-27-29)7-8-18-14-25-10-9-20(18)21-16-30-12-11-26-24(31)23(30)22(21)28-19-5-3-2-4-6-19;25-20-18-17(23-13-4-2-1-3-5-13)15(12-24(18)10-9-22-20)14-6-8-21-16-7-11-26-19(14)16/h2-6,9-10,13-16,28H,11-12H2,1H3,(H,26,31);1-8,11-12,23H,9-10H2,(H,22,25). The highest BCUT2D eigenvalue weighted by Gasteiger charge is 2.28. The van der Waals surface area contributed by atoms with Crippen molar-refractivity contribution in [3.8, 4) is 34.1 Å². The molecule has 2 aliphatic heterocycles. The molecule has 0 atom stereocenters. The van der Waals surface area contributed by atoms with Gasteiger partial charge in [0.05, 0.1) is 35.0 Å². The molecule has 4 N–H and O–H groups in total. The Labute approximate surface area is 327 Å². The predicted molar refractivity (Wildman–Crippen MR) is 218 cm³/mol. The smallest absolute Gasteiger partial charge is 0.270 e. The molecule has 0 unspecified atom stereocenters. The van der Waals surface area contributed by atoms with E-state index in [1.165, 1.54) is 0 Å². The number of nitrogens with one attached hydrogen (secondary N) is 4. The third-order valence-corrected chi connectivity index (χ3v) is 9.74. The average Bonchev–Trinajstić information content (AvgIpc) is 4.05. The van der Waals surface area contributed by atoms with Crippen LogP contribution in [0, 0.1) is 11.8 Å². The van der Waals surface area contributed by atoms with Gasteiger partial charge in [-0.05, 0) is 36.4 Å². The normalized spacial score (nSPS) is 12.9. The number of carbonyl (C=O) groups is 2. The number of rotatable bonds is 6. The van der Waals surface area contributed by atoms with E-state index in [9.17, 15) is 9.59 Å². The molecular formula is C44H36N10O3. The second-order valence-corrected chi connectivity index (χ2v) is 13.5. The first-order chi connectivity index (χ1) is 28.0. The first-order valence-electron chi connectivity index (χ1n) is 18.4. The lowest BCUT2D eigenvalue weighted by Crippen LogP contribution is -2.35. The Morgan fingerprint density at radius 1 is 0.684 bits per heavy atom. The number of carbonyl (C=O) groups excluding carboxylic acids is 2. The lowest BCUT2D eigenvalue weighted by molar-refractivity contribution is 0.0921. The fourth-order valence-corrected chi connectivity index (χ4v) is 7.13. The molecule has 0 saturated heterocycles. The van der Waals surface area contributed by atoms with Gasteiger partial charge >= 0.3 is 0 Å². The van der Waals surface area contributed by atoms with Crippen LogP contribution in [0.1, 0.15) is 32.1 Å². The number of anilines is 4. The highest BCUT2D eigenvalue weighted by Crippen LogP contribution is 2.40. The Morgan fingerprint density at radius 3 is 1.91 bits per heavy atom. The average molecular weight is 753 g/mol. The molecule has 0 fully saturated rings. The molecule has 0 radical (unpaired) electrons. The molecule has 8 aromatic rings. The van der Waals surface area contributed by atoms with Crippen LogP contribution >= 0.6 is 0 Å². The Balaban J connectivity index is 0.000000150. The quantitative estimate of drug-likeness (QED) is 0.133. The lowest BCUT2D eigenvalue weighted by Gasteiger charge is -2.17. The zero-order valence-corrected chi connectivity index (χ0v) is 30.9. The van der Waals surface area contributed by atoms with Gasteiger partial charge < -0.3 is 34.8 Å². The van der Waals surface area contributed by atoms with Crippen LogP contribution in [0.2, 0.25) is 0 Å². The highest BCUT2D eigenvalue weighted by atomic mass is 16.3. The van der Waals surface area contributed by atoms with Gasteiger partial charge in [0.15, 0.2) is 5.58 Å². The number of benzene rings is 2. The number of furan rings is 1. The van der Waals surface area contributed by atoms with E-state index in [-0.39, 0.29) is 11.8 Å². The van der Waals surface area contributed by atoms with E-state index in [0.29, 0.717) is 36.6 Å². The van der Waals surface area contributed by atoms with E-state index in [1.807, 2.05) is 114 Å². The number of amides is 2. The van der Waals surface area contributed by atoms with Gasteiger partial charge in [-0.1, -0.05) is 48.2 Å². The Morgan fingerprint density at radius 2 is 1.30 bits per heavy atom. The monoisotopic (exact) mass is 752 g/mol. The van der Waals surface area contributed by atoms with Crippen LogP contribution < -0.4 is 21.3 Å². The largest absolute Gasteiger partial charge is 0.462 e. The number of nitrogens with zero attached hydrogens (tertiary/aromatic N) is 6. The van der Waals surface area contributed by atoms with Crippen molar-refractivity contribution >= 4 is 45.7 Å². The molecule has 2 amide bonds. The minimum absolute atomic E-state index is 0.0781. The fourth-order valence-electron chi connectivity index (χ4n) is 7.13. The van der Waals surface area contributed by atoms with Gasteiger partial charge in [0.1, 0.15) is 16.9 Å². The van der Waals surface area contributed by atoms with Gasteiger partial charge in [-0.2, -0.15) is 5.10 Å². The van der Waals surface area contributed by atoms with E-state index in [1.54, 1.807) is 35.7 Å². The highest BCUT2D eigenvalue weighted by molar-refractivity contribution is 6.06. The summed E-state index contributed by atoms with van der Waals surface area (Å²) in [6.07, 6.45) is 14.5. The van der Waals surface area contributed by atoms with E-state index < -0.39 is 0 Å². The zero-order chi connectivity index (χ0) is 38.7. The molecule has 0 bridgehead atoms. The Kier molecular flexibility index (Phi) is 9.25. The van der Waals surface area contributed by atoms with Gasteiger partial charge in [-0.3, -0.25) is 24.2 Å². The maximum atomic E-state index is 12.7. The van der Waals surface area contributed by atoms with Crippen molar-refractivity contribution in [2.45, 2.75) is 13.1 Å². The number of hydrogen-bond acceptors (Lipinski definition) is 8. The second kappa shape index (κ2) is 15.1. The molecule has 2 aliphatic rings. The van der Waals surface area contributed by atoms with E-state index in [2.05, 4.69) is 48.2 Å². The number of hydrogen-bond donors (Lipinski definition) is 4. The summed E-state index contributed by atoms with van der Waals surface area (Å²) >= 11 is 0. The van der Waals surface area contributed by atoms with Gasteiger partial charge in [0, 0.05) is 110 Å². The molecule has 6 aromatic heterocycles. The van der Waals surface area contributed by atoms with E-state index >= 15 is 0 Å². The minimum atomic E-state index is -0.0898. The third-order valence-electron chi connectivity index (χ3n) is 9.74. The van der Waals surface area contributed by atoms with Crippen molar-refractivity contribution in [2.24, 2.45) is 7.05 Å². The van der Waals surface area contributed by atoms with E-state index in [4.69, 9.17) is 4.42 Å². The molecule has 10 rings (SSSR count). The van der Waals surface area contributed by atoms with Crippen molar-refractivity contribution in [2.75, 3.05) is 23.7 Å². The molecule has 0 spiro atoms. The predicted octanol–water partition coefficient (Wildman–Crippen LogP) is 6.95. The number of aromatic nitrogens is 6. The van der Waals surface area contributed by atoms with Gasteiger partial charge in [-0.15, -0.1) is 0 Å². The summed E-state index contributed by atoms with van der Waals surface area (Å²) in [6, 6.07) is 25.4. The van der Waals surface area contributed by atoms with Gasteiger partial charge in [0.2, 0.25) is 0 Å². The molecule has 280 valence electrons. The molecule has 0 saturated carbocycles. The Hall–Kier alpha value is -7.85. The summed E-state index contributed by atoms with van der Waals surface area (Å²) in [7, 11) is 1.86. The minimum Gasteiger partial charge on any atom is -0.462 e. The fraction of sp³-hybridized carbons (Fsp3) is 0.114. The SMILES string of the molecule is Cn1cc(C#Cc2cnccc2-c2cn3c(c2Nc2ccccc2)C(=O)NCC3)cn1.O=C1NCCn2cc(-c3ccnc4ccoc34)c(Nc3ccccc3)c21. The Bertz CT molecular complexity index is 2820. The molecule has 13 heteroatoms. The van der Waals surface area contributed by atoms with Crippen LogP contribution in [0.25, 0.3) is 33.4 Å². The topological polar surface area (TPSA) is 149 Å². The summed E-state index contributed by atoms with van der Waals surface area (Å²) in [5, 5.41) is 16.9. The number of fused-ring (bicyclic) bond motifs is 3. The maximum Gasteiger partial charge on any atom is 0.270 e. The van der Waals surface area contributed by atoms with Crippen molar-refractivity contribution in [3.05, 3.63) is 151 Å². The van der Waals surface area contributed by atoms with Crippen LogP contribution in [0.3, 0.4) is 0 Å². The van der Waals surface area contributed by atoms with Crippen LogP contribution in [0.5, 0.6) is 0 Å². The zero-order valence-electron chi connectivity index (χ0n) is 30.9. The van der Waals surface area contributed by atoms with Crippen LogP contribution in [-0.4, -0.2) is 53.8 Å². The second-order valence-electron chi connectivity index (χ2n) is 13.5. The lowest BCUT2D eigenvalue weighted by atomic mass is 10.0.